The molecule has 1 saturated carbocycles. The molecule has 2 aromatic heterocycles. The summed E-state index contributed by atoms with van der Waals surface area (Å²) in [5.41, 5.74) is 1.19. The van der Waals surface area contributed by atoms with Gasteiger partial charge in [-0.1, -0.05) is 24.4 Å². The molecule has 1 N–H and O–H groups in total. The summed E-state index contributed by atoms with van der Waals surface area (Å²) >= 11 is 1.92. The SMILES string of the molecule is N#Cc1ccc(-c2nc(CSC3CCCCC3)no2)[nH]1. The molecule has 6 heteroatoms. The number of rotatable bonds is 4. The van der Waals surface area contributed by atoms with E-state index in [-0.39, 0.29) is 0 Å². The summed E-state index contributed by atoms with van der Waals surface area (Å²) in [6.07, 6.45) is 6.66. The average molecular weight is 288 g/mol. The van der Waals surface area contributed by atoms with Crippen LogP contribution in [-0.4, -0.2) is 20.4 Å². The van der Waals surface area contributed by atoms with Crippen molar-refractivity contribution in [3.63, 3.8) is 0 Å². The summed E-state index contributed by atoms with van der Waals surface area (Å²) in [4.78, 5) is 7.31. The Bertz CT molecular complexity index is 607. The van der Waals surface area contributed by atoms with E-state index < -0.39 is 0 Å². The van der Waals surface area contributed by atoms with Crippen LogP contribution in [0.15, 0.2) is 16.7 Å². The molecule has 1 aliphatic rings. The van der Waals surface area contributed by atoms with E-state index in [0.717, 1.165) is 16.8 Å². The lowest BCUT2D eigenvalue weighted by Crippen LogP contribution is -2.08. The zero-order valence-electron chi connectivity index (χ0n) is 11.1. The Morgan fingerprint density at radius 1 is 1.35 bits per heavy atom. The van der Waals surface area contributed by atoms with Crippen molar-refractivity contribution in [3.05, 3.63) is 23.7 Å². The number of aromatic nitrogens is 3. The van der Waals surface area contributed by atoms with Crippen molar-refractivity contribution < 1.29 is 4.52 Å². The van der Waals surface area contributed by atoms with E-state index in [9.17, 15) is 0 Å². The van der Waals surface area contributed by atoms with Gasteiger partial charge >= 0.3 is 0 Å². The van der Waals surface area contributed by atoms with Crippen LogP contribution < -0.4 is 0 Å². The van der Waals surface area contributed by atoms with Gasteiger partial charge in [0.2, 0.25) is 0 Å². The molecule has 0 bridgehead atoms. The van der Waals surface area contributed by atoms with Crippen LogP contribution in [0.2, 0.25) is 0 Å². The van der Waals surface area contributed by atoms with Crippen LogP contribution in [-0.2, 0) is 5.75 Å². The van der Waals surface area contributed by atoms with E-state index in [1.807, 2.05) is 17.8 Å². The third-order valence-electron chi connectivity index (χ3n) is 3.51. The summed E-state index contributed by atoms with van der Waals surface area (Å²) in [6.45, 7) is 0. The fourth-order valence-electron chi connectivity index (χ4n) is 2.43. The smallest absolute Gasteiger partial charge is 0.274 e. The predicted octanol–water partition coefficient (Wildman–Crippen LogP) is 3.50. The molecule has 0 aliphatic heterocycles. The van der Waals surface area contributed by atoms with Gasteiger partial charge in [-0.25, -0.2) is 0 Å². The average Bonchev–Trinajstić information content (AvgIpc) is 3.15. The van der Waals surface area contributed by atoms with E-state index in [2.05, 4.69) is 15.1 Å². The lowest BCUT2D eigenvalue weighted by atomic mass is 10.0. The Hall–Kier alpha value is -1.74. The van der Waals surface area contributed by atoms with Gasteiger partial charge in [-0.3, -0.25) is 0 Å². The third-order valence-corrected chi connectivity index (χ3v) is 4.87. The third kappa shape index (κ3) is 3.05. The number of hydrogen-bond acceptors (Lipinski definition) is 5. The molecule has 0 spiro atoms. The van der Waals surface area contributed by atoms with Crippen molar-refractivity contribution in [1.82, 2.24) is 15.1 Å². The fraction of sp³-hybridized carbons (Fsp3) is 0.500. The maximum atomic E-state index is 8.78. The zero-order valence-corrected chi connectivity index (χ0v) is 11.9. The topological polar surface area (TPSA) is 78.5 Å². The van der Waals surface area contributed by atoms with Crippen molar-refractivity contribution in [3.8, 4) is 17.7 Å². The number of thioether (sulfide) groups is 1. The van der Waals surface area contributed by atoms with E-state index in [1.54, 1.807) is 12.1 Å². The highest BCUT2D eigenvalue weighted by Crippen LogP contribution is 2.30. The summed E-state index contributed by atoms with van der Waals surface area (Å²) in [5.74, 6) is 1.97. The van der Waals surface area contributed by atoms with Gasteiger partial charge in [0, 0.05) is 5.25 Å². The van der Waals surface area contributed by atoms with Gasteiger partial charge < -0.3 is 9.51 Å². The Kier molecular flexibility index (Phi) is 4.07. The molecule has 1 aliphatic carbocycles. The van der Waals surface area contributed by atoms with Crippen LogP contribution in [0.4, 0.5) is 0 Å². The molecule has 20 heavy (non-hydrogen) atoms. The summed E-state index contributed by atoms with van der Waals surface area (Å²) in [7, 11) is 0. The van der Waals surface area contributed by atoms with E-state index in [1.165, 1.54) is 32.1 Å². The van der Waals surface area contributed by atoms with Crippen LogP contribution >= 0.6 is 11.8 Å². The van der Waals surface area contributed by atoms with Crippen LogP contribution in [0.25, 0.3) is 11.6 Å². The van der Waals surface area contributed by atoms with Gasteiger partial charge in [0.25, 0.3) is 5.89 Å². The molecule has 0 unspecified atom stereocenters. The Morgan fingerprint density at radius 3 is 2.95 bits per heavy atom. The Balaban J connectivity index is 1.60. The monoisotopic (exact) mass is 288 g/mol. The summed E-state index contributed by atoms with van der Waals surface area (Å²) < 4.78 is 5.23. The molecule has 0 saturated heterocycles. The van der Waals surface area contributed by atoms with Crippen molar-refractivity contribution in [1.29, 1.82) is 5.26 Å². The lowest BCUT2D eigenvalue weighted by Gasteiger charge is -2.19. The van der Waals surface area contributed by atoms with Gasteiger partial charge in [-0.2, -0.15) is 22.0 Å². The number of nitriles is 1. The summed E-state index contributed by atoms with van der Waals surface area (Å²) in [5, 5.41) is 13.5. The Morgan fingerprint density at radius 2 is 2.20 bits per heavy atom. The van der Waals surface area contributed by atoms with E-state index in [0.29, 0.717) is 17.3 Å². The molecule has 2 heterocycles. The largest absolute Gasteiger partial charge is 0.342 e. The molecule has 0 atom stereocenters. The summed E-state index contributed by atoms with van der Waals surface area (Å²) in [6, 6.07) is 5.53. The van der Waals surface area contributed by atoms with Gasteiger partial charge in [0.15, 0.2) is 5.82 Å². The standard InChI is InChI=1S/C14H16N4OS/c15-8-10-6-7-12(16-10)14-17-13(18-19-14)9-20-11-4-2-1-3-5-11/h6-7,11,16H,1-5,9H2. The number of aromatic amines is 1. The molecule has 0 aromatic carbocycles. The highest BCUT2D eigenvalue weighted by Gasteiger charge is 2.16. The van der Waals surface area contributed by atoms with Gasteiger partial charge in [-0.05, 0) is 25.0 Å². The maximum absolute atomic E-state index is 8.78. The second kappa shape index (κ2) is 6.14. The molecule has 2 aromatic rings. The first-order valence-corrected chi connectivity index (χ1v) is 7.93. The lowest BCUT2D eigenvalue weighted by molar-refractivity contribution is 0.424. The molecule has 104 valence electrons. The van der Waals surface area contributed by atoms with Crippen LogP contribution in [0.1, 0.15) is 43.6 Å². The number of H-pyrrole nitrogens is 1. The predicted molar refractivity (Wildman–Crippen MR) is 77.0 cm³/mol. The number of hydrogen-bond donors (Lipinski definition) is 1. The van der Waals surface area contributed by atoms with Crippen molar-refractivity contribution in [2.24, 2.45) is 0 Å². The van der Waals surface area contributed by atoms with Crippen molar-refractivity contribution in [2.75, 3.05) is 0 Å². The van der Waals surface area contributed by atoms with Crippen molar-refractivity contribution >= 4 is 11.8 Å². The van der Waals surface area contributed by atoms with Crippen LogP contribution in [0.5, 0.6) is 0 Å². The second-order valence-corrected chi connectivity index (χ2v) is 6.27. The maximum Gasteiger partial charge on any atom is 0.274 e. The number of nitrogens with one attached hydrogen (secondary N) is 1. The molecule has 5 nitrogen and oxygen atoms in total. The highest BCUT2D eigenvalue weighted by atomic mass is 32.2. The van der Waals surface area contributed by atoms with Crippen LogP contribution in [0.3, 0.4) is 0 Å². The Labute approximate surface area is 121 Å². The minimum Gasteiger partial charge on any atom is -0.342 e. The van der Waals surface area contributed by atoms with Crippen molar-refractivity contribution in [2.45, 2.75) is 43.1 Å². The van der Waals surface area contributed by atoms with E-state index >= 15 is 0 Å². The second-order valence-electron chi connectivity index (χ2n) is 4.98. The first-order chi connectivity index (χ1) is 9.85. The normalized spacial score (nSPS) is 16.1. The van der Waals surface area contributed by atoms with Gasteiger partial charge in [0.05, 0.1) is 5.75 Å². The highest BCUT2D eigenvalue weighted by molar-refractivity contribution is 7.99. The molecular formula is C14H16N4OS. The van der Waals surface area contributed by atoms with Crippen LogP contribution in [0, 0.1) is 11.3 Å². The van der Waals surface area contributed by atoms with Gasteiger partial charge in [0.1, 0.15) is 17.5 Å². The molecule has 3 rings (SSSR count). The fourth-order valence-corrected chi connectivity index (χ4v) is 3.60. The minimum absolute atomic E-state index is 0.450. The molecule has 1 fully saturated rings. The molecule has 0 radical (unpaired) electrons. The zero-order chi connectivity index (χ0) is 13.8. The molecule has 0 amide bonds. The quantitative estimate of drug-likeness (QED) is 0.931. The first kappa shape index (κ1) is 13.3. The van der Waals surface area contributed by atoms with Gasteiger partial charge in [-0.15, -0.1) is 0 Å². The number of nitrogens with zero attached hydrogens (tertiary/aromatic N) is 3. The minimum atomic E-state index is 0.450. The van der Waals surface area contributed by atoms with E-state index in [4.69, 9.17) is 9.78 Å². The molecular weight excluding hydrogens is 272 g/mol. The first-order valence-electron chi connectivity index (χ1n) is 6.89.